The van der Waals surface area contributed by atoms with Crippen LogP contribution in [0.25, 0.3) is 0 Å². The Morgan fingerprint density at radius 2 is 1.72 bits per heavy atom. The second kappa shape index (κ2) is 7.84. The van der Waals surface area contributed by atoms with E-state index in [0.717, 1.165) is 18.4 Å². The largest absolute Gasteiger partial charge is 0.397 e. The molecule has 0 aromatic heterocycles. The lowest BCUT2D eigenvalue weighted by Gasteiger charge is -2.60. The van der Waals surface area contributed by atoms with Crippen molar-refractivity contribution >= 4 is 26.6 Å². The molecule has 9 nitrogen and oxygen atoms in total. The Balaban J connectivity index is 1.72. The van der Waals surface area contributed by atoms with E-state index in [1.54, 1.807) is 6.92 Å². The van der Waals surface area contributed by atoms with Crippen LogP contribution in [0.2, 0.25) is 0 Å². The maximum absolute atomic E-state index is 12.4. The van der Waals surface area contributed by atoms with Gasteiger partial charge in [0.2, 0.25) is 0 Å². The van der Waals surface area contributed by atoms with E-state index in [9.17, 15) is 26.2 Å². The van der Waals surface area contributed by atoms with Crippen LogP contribution in [0.4, 0.5) is 0 Å². The molecule has 4 aliphatic carbocycles. The zero-order chi connectivity index (χ0) is 23.7. The summed E-state index contributed by atoms with van der Waals surface area (Å²) in [5, 5.41) is 0. The van der Waals surface area contributed by atoms with Crippen LogP contribution in [0.5, 0.6) is 0 Å². The maximum atomic E-state index is 12.4. The Labute approximate surface area is 189 Å². The van der Waals surface area contributed by atoms with Gasteiger partial charge in [0.25, 0.3) is 0 Å². The molecule has 0 saturated heterocycles. The van der Waals surface area contributed by atoms with Gasteiger partial charge in [-0.2, -0.15) is 16.8 Å². The molecule has 0 amide bonds. The summed E-state index contributed by atoms with van der Waals surface area (Å²) < 4.78 is 74.7. The maximum Gasteiger partial charge on any atom is 0.397 e. The summed E-state index contributed by atoms with van der Waals surface area (Å²) in [6, 6.07) is 0. The van der Waals surface area contributed by atoms with Crippen molar-refractivity contribution in [2.45, 2.75) is 77.9 Å². The van der Waals surface area contributed by atoms with Gasteiger partial charge in [-0.25, -0.2) is 8.37 Å². The van der Waals surface area contributed by atoms with E-state index in [4.69, 9.17) is 12.9 Å². The summed E-state index contributed by atoms with van der Waals surface area (Å²) in [5.74, 6) is 0.0276. The first-order chi connectivity index (χ1) is 14.6. The highest BCUT2D eigenvalue weighted by Gasteiger charge is 2.63. The number of carbonyl (C=O) groups excluding carboxylic acids is 1. The van der Waals surface area contributed by atoms with Crippen molar-refractivity contribution in [1.82, 2.24) is 0 Å². The summed E-state index contributed by atoms with van der Waals surface area (Å²) in [7, 11) is -9.28. The second-order valence-electron chi connectivity index (χ2n) is 10.6. The molecule has 0 heterocycles. The van der Waals surface area contributed by atoms with Gasteiger partial charge in [-0.05, 0) is 80.5 Å². The third-order valence-electron chi connectivity index (χ3n) is 8.96. The molecule has 0 spiro atoms. The van der Waals surface area contributed by atoms with Gasteiger partial charge in [0, 0.05) is 5.92 Å². The van der Waals surface area contributed by atoms with Crippen molar-refractivity contribution in [3.63, 3.8) is 0 Å². The number of carbonyl (C=O) groups is 1. The molecule has 3 fully saturated rings. The molecule has 0 radical (unpaired) electrons. The highest BCUT2D eigenvalue weighted by molar-refractivity contribution is 7.81. The number of allylic oxidation sites excluding steroid dienone is 1. The Bertz CT molecular complexity index is 1030. The number of hydrogen-bond acceptors (Lipinski definition) is 7. The molecule has 4 rings (SSSR count). The number of fused-ring (bicyclic) bond motifs is 5. The van der Waals surface area contributed by atoms with E-state index < -0.39 is 43.8 Å². The van der Waals surface area contributed by atoms with Crippen molar-refractivity contribution in [2.75, 3.05) is 0 Å². The fraction of sp³-hybridized carbons (Fsp3) is 0.857. The summed E-state index contributed by atoms with van der Waals surface area (Å²) >= 11 is 0. The van der Waals surface area contributed by atoms with Gasteiger partial charge in [0.05, 0.1) is 12.2 Å². The smallest absolute Gasteiger partial charge is 0.300 e. The highest BCUT2D eigenvalue weighted by Crippen LogP contribution is 2.67. The second-order valence-corrected chi connectivity index (χ2v) is 12.7. The van der Waals surface area contributed by atoms with Crippen LogP contribution in [-0.2, 0) is 34.0 Å². The quantitative estimate of drug-likeness (QED) is 0.437. The zero-order valence-corrected chi connectivity index (χ0v) is 20.2. The minimum absolute atomic E-state index is 0.0812. The van der Waals surface area contributed by atoms with E-state index in [0.29, 0.717) is 32.1 Å². The van der Waals surface area contributed by atoms with Crippen LogP contribution >= 0.6 is 0 Å². The average Bonchev–Trinajstić information content (AvgIpc) is 2.96. The Hall–Kier alpha value is -0.850. The van der Waals surface area contributed by atoms with E-state index in [1.165, 1.54) is 0 Å². The van der Waals surface area contributed by atoms with E-state index in [1.807, 2.05) is 13.8 Å². The SMILES string of the molecule is CC(=O)C1CCC2C3CC=C4C[C@@H](OS(=O)(=O)O)CC[C@]4(C)C3[C@@H](OS(=O)(=O)O)C[C@]12C. The van der Waals surface area contributed by atoms with Gasteiger partial charge in [-0.15, -0.1) is 0 Å². The topological polar surface area (TPSA) is 144 Å². The first-order valence-corrected chi connectivity index (χ1v) is 13.9. The first-order valence-electron chi connectivity index (χ1n) is 11.2. The lowest BCUT2D eigenvalue weighted by molar-refractivity contribution is -0.136. The molecule has 4 unspecified atom stereocenters. The predicted molar refractivity (Wildman–Crippen MR) is 114 cm³/mol. The third-order valence-corrected chi connectivity index (χ3v) is 9.97. The minimum Gasteiger partial charge on any atom is -0.300 e. The van der Waals surface area contributed by atoms with Crippen molar-refractivity contribution in [3.05, 3.63) is 11.6 Å². The zero-order valence-electron chi connectivity index (χ0n) is 18.6. The fourth-order valence-corrected chi connectivity index (χ4v) is 8.90. The molecule has 0 aromatic rings. The first kappa shape index (κ1) is 24.3. The van der Waals surface area contributed by atoms with E-state index in [-0.39, 0.29) is 29.5 Å². The van der Waals surface area contributed by atoms with Crippen LogP contribution in [0, 0.1) is 34.5 Å². The van der Waals surface area contributed by atoms with Crippen LogP contribution in [0.15, 0.2) is 11.6 Å². The van der Waals surface area contributed by atoms with Crippen LogP contribution in [0.3, 0.4) is 0 Å². The van der Waals surface area contributed by atoms with Gasteiger partial charge >= 0.3 is 20.8 Å². The summed E-state index contributed by atoms with van der Waals surface area (Å²) in [6.45, 7) is 5.67. The highest BCUT2D eigenvalue weighted by atomic mass is 32.3. The van der Waals surface area contributed by atoms with E-state index >= 15 is 0 Å². The monoisotopic (exact) mass is 492 g/mol. The van der Waals surface area contributed by atoms with Crippen molar-refractivity contribution in [2.24, 2.45) is 34.5 Å². The molecular weight excluding hydrogens is 460 g/mol. The molecule has 32 heavy (non-hydrogen) atoms. The Kier molecular flexibility index (Phi) is 5.95. The fourth-order valence-electron chi connectivity index (χ4n) is 7.89. The molecule has 4 aliphatic rings. The Morgan fingerprint density at radius 1 is 1.06 bits per heavy atom. The normalized spacial score (nSPS) is 44.2. The van der Waals surface area contributed by atoms with Gasteiger partial charge < -0.3 is 0 Å². The van der Waals surface area contributed by atoms with E-state index in [2.05, 4.69) is 6.08 Å². The van der Waals surface area contributed by atoms with Gasteiger partial charge in [0.15, 0.2) is 0 Å². The molecule has 0 aliphatic heterocycles. The van der Waals surface area contributed by atoms with Crippen LogP contribution in [0.1, 0.15) is 65.7 Å². The molecule has 8 atom stereocenters. The number of ketones is 1. The Morgan fingerprint density at radius 3 is 2.31 bits per heavy atom. The van der Waals surface area contributed by atoms with Crippen LogP contribution < -0.4 is 0 Å². The molecule has 0 bridgehead atoms. The van der Waals surface area contributed by atoms with Gasteiger partial charge in [-0.3, -0.25) is 13.9 Å². The summed E-state index contributed by atoms with van der Waals surface area (Å²) in [5.41, 5.74) is 0.0924. The minimum atomic E-state index is -4.71. The van der Waals surface area contributed by atoms with Crippen molar-refractivity contribution < 1.29 is 39.1 Å². The molecule has 2 N–H and O–H groups in total. The molecule has 0 aromatic carbocycles. The summed E-state index contributed by atoms with van der Waals surface area (Å²) in [6.07, 6.45) is 4.52. The summed E-state index contributed by atoms with van der Waals surface area (Å²) in [4.78, 5) is 12.4. The lowest BCUT2D eigenvalue weighted by atomic mass is 9.46. The van der Waals surface area contributed by atoms with Crippen molar-refractivity contribution in [3.8, 4) is 0 Å². The number of hydrogen-bond donors (Lipinski definition) is 2. The van der Waals surface area contributed by atoms with Gasteiger partial charge in [0.1, 0.15) is 5.78 Å². The number of rotatable bonds is 5. The van der Waals surface area contributed by atoms with Crippen molar-refractivity contribution in [1.29, 1.82) is 0 Å². The molecular formula is C21H32O9S2. The lowest BCUT2D eigenvalue weighted by Crippen LogP contribution is -2.57. The molecule has 182 valence electrons. The molecule has 3 saturated carbocycles. The van der Waals surface area contributed by atoms with Crippen LogP contribution in [-0.4, -0.2) is 43.9 Å². The van der Waals surface area contributed by atoms with Gasteiger partial charge in [-0.1, -0.05) is 25.5 Å². The molecule has 11 heteroatoms. The predicted octanol–water partition coefficient (Wildman–Crippen LogP) is 3.14. The third kappa shape index (κ3) is 4.20. The number of Topliss-reactive ketones (excluding diaryl/α,β-unsaturated/α-hetero) is 1. The standard InChI is InChI=1S/C21H32O9S2/c1-12(22)16-6-7-17-15-5-4-13-10-14(29-31(23,24)25)8-9-20(13,2)19(15)18(11-21(16,17)3)30-32(26,27)28/h4,14-19H,5-11H2,1-3H3,(H,23,24,25)(H,26,27,28)/t14-,15?,16?,17?,18-,19?,20-,21+/m0/s1. The average molecular weight is 493 g/mol.